The van der Waals surface area contributed by atoms with Crippen molar-refractivity contribution in [2.24, 2.45) is 4.99 Å². The topological polar surface area (TPSA) is 44.6 Å². The van der Waals surface area contributed by atoms with E-state index in [1.54, 1.807) is 6.20 Å². The molecule has 0 saturated heterocycles. The summed E-state index contributed by atoms with van der Waals surface area (Å²) in [6, 6.07) is 16.4. The Labute approximate surface area is 160 Å². The molecule has 0 spiro atoms. The second-order valence-corrected chi connectivity index (χ2v) is 6.87. The highest BCUT2D eigenvalue weighted by molar-refractivity contribution is 6.18. The fourth-order valence-electron chi connectivity index (χ4n) is 3.38. The van der Waals surface area contributed by atoms with Crippen LogP contribution < -0.4 is 4.90 Å². The van der Waals surface area contributed by atoms with Crippen molar-refractivity contribution in [3.05, 3.63) is 78.2 Å². The summed E-state index contributed by atoms with van der Waals surface area (Å²) in [5, 5.41) is 0. The van der Waals surface area contributed by atoms with Crippen molar-refractivity contribution in [2.45, 2.75) is 6.42 Å². The van der Waals surface area contributed by atoms with Gasteiger partial charge in [0.2, 0.25) is 0 Å². The van der Waals surface area contributed by atoms with Gasteiger partial charge in [0.1, 0.15) is 5.69 Å². The van der Waals surface area contributed by atoms with Crippen molar-refractivity contribution in [2.75, 3.05) is 32.1 Å². The molecule has 2 aromatic heterocycles. The van der Waals surface area contributed by atoms with Crippen LogP contribution in [0.1, 0.15) is 17.5 Å². The summed E-state index contributed by atoms with van der Waals surface area (Å²) in [5.74, 6) is 0.905. The van der Waals surface area contributed by atoms with Crippen LogP contribution >= 0.6 is 0 Å². The summed E-state index contributed by atoms with van der Waals surface area (Å²) < 4.78 is 0. The molecule has 0 saturated carbocycles. The first kappa shape index (κ1) is 17.4. The summed E-state index contributed by atoms with van der Waals surface area (Å²) in [6.45, 7) is 1.91. The summed E-state index contributed by atoms with van der Waals surface area (Å²) in [4.78, 5) is 18.5. The number of hydrogen-bond acceptors (Lipinski definition) is 5. The van der Waals surface area contributed by atoms with Crippen molar-refractivity contribution >= 4 is 22.9 Å². The molecule has 1 aromatic carbocycles. The van der Waals surface area contributed by atoms with E-state index in [4.69, 9.17) is 4.99 Å². The molecule has 0 unspecified atom stereocenters. The maximum Gasteiger partial charge on any atom is 0.159 e. The zero-order chi connectivity index (χ0) is 18.6. The molecule has 5 nitrogen and oxygen atoms in total. The minimum Gasteiger partial charge on any atom is -0.324 e. The number of benzene rings is 1. The van der Waals surface area contributed by atoms with Gasteiger partial charge < -0.3 is 9.80 Å². The Morgan fingerprint density at radius 3 is 2.63 bits per heavy atom. The maximum absolute atomic E-state index is 5.01. The molecule has 1 aliphatic heterocycles. The van der Waals surface area contributed by atoms with E-state index < -0.39 is 0 Å². The normalized spacial score (nSPS) is 13.0. The van der Waals surface area contributed by atoms with E-state index in [1.807, 2.05) is 30.6 Å². The van der Waals surface area contributed by atoms with Gasteiger partial charge in [0, 0.05) is 36.3 Å². The van der Waals surface area contributed by atoms with E-state index in [2.05, 4.69) is 64.2 Å². The average molecular weight is 357 g/mol. The summed E-state index contributed by atoms with van der Waals surface area (Å²) in [6.07, 6.45) is 6.54. The Morgan fingerprint density at radius 1 is 0.963 bits per heavy atom. The van der Waals surface area contributed by atoms with Crippen molar-refractivity contribution in [1.82, 2.24) is 14.9 Å². The van der Waals surface area contributed by atoms with Crippen LogP contribution in [-0.4, -0.2) is 47.8 Å². The van der Waals surface area contributed by atoms with Gasteiger partial charge in [-0.1, -0.05) is 18.2 Å². The quantitative estimate of drug-likeness (QED) is 0.691. The second-order valence-electron chi connectivity index (χ2n) is 6.87. The predicted molar refractivity (Wildman–Crippen MR) is 110 cm³/mol. The van der Waals surface area contributed by atoms with Crippen LogP contribution in [0.15, 0.2) is 72.1 Å². The van der Waals surface area contributed by atoms with Gasteiger partial charge in [-0.05, 0) is 57.4 Å². The zero-order valence-electron chi connectivity index (χ0n) is 15.7. The van der Waals surface area contributed by atoms with Crippen LogP contribution in [0.3, 0.4) is 0 Å². The number of aromatic nitrogens is 2. The van der Waals surface area contributed by atoms with Gasteiger partial charge in [-0.3, -0.25) is 4.98 Å². The molecule has 5 heteroatoms. The molecule has 0 amide bonds. The molecular formula is C22H23N5. The van der Waals surface area contributed by atoms with Gasteiger partial charge in [-0.2, -0.15) is 0 Å². The Balaban J connectivity index is 1.86. The van der Waals surface area contributed by atoms with Crippen LogP contribution in [0.25, 0.3) is 0 Å². The number of aliphatic imine (C=N–C) groups is 1. The molecular weight excluding hydrogens is 334 g/mol. The number of hydrogen-bond donors (Lipinski definition) is 0. The highest BCUT2D eigenvalue weighted by atomic mass is 15.2. The Bertz CT molecular complexity index is 950. The van der Waals surface area contributed by atoms with Crippen LogP contribution in [-0.2, 0) is 0 Å². The molecule has 0 aliphatic carbocycles. The molecule has 0 atom stereocenters. The monoisotopic (exact) mass is 357 g/mol. The zero-order valence-corrected chi connectivity index (χ0v) is 15.7. The molecule has 0 radical (unpaired) electrons. The van der Waals surface area contributed by atoms with Crippen molar-refractivity contribution in [3.63, 3.8) is 0 Å². The van der Waals surface area contributed by atoms with Crippen molar-refractivity contribution in [1.29, 1.82) is 0 Å². The lowest BCUT2D eigenvalue weighted by atomic mass is 10.0. The largest absolute Gasteiger partial charge is 0.324 e. The third kappa shape index (κ3) is 3.59. The van der Waals surface area contributed by atoms with Crippen LogP contribution in [0.2, 0.25) is 0 Å². The highest BCUT2D eigenvalue weighted by Crippen LogP contribution is 2.38. The summed E-state index contributed by atoms with van der Waals surface area (Å²) in [7, 11) is 4.21. The third-order valence-corrected chi connectivity index (χ3v) is 4.63. The Morgan fingerprint density at radius 2 is 1.81 bits per heavy atom. The first-order valence-electron chi connectivity index (χ1n) is 9.20. The van der Waals surface area contributed by atoms with Gasteiger partial charge in [0.15, 0.2) is 5.82 Å². The van der Waals surface area contributed by atoms with Gasteiger partial charge in [0.05, 0.1) is 11.4 Å². The molecule has 3 heterocycles. The van der Waals surface area contributed by atoms with E-state index >= 15 is 0 Å². The van der Waals surface area contributed by atoms with E-state index in [9.17, 15) is 0 Å². The van der Waals surface area contributed by atoms with Crippen LogP contribution in [0, 0.1) is 0 Å². The third-order valence-electron chi connectivity index (χ3n) is 4.63. The van der Waals surface area contributed by atoms with E-state index in [-0.39, 0.29) is 0 Å². The molecule has 0 fully saturated rings. The molecule has 0 bridgehead atoms. The number of anilines is 2. The minimum absolute atomic E-state index is 0.884. The Hall–Kier alpha value is -3.05. The van der Waals surface area contributed by atoms with Gasteiger partial charge in [-0.15, -0.1) is 0 Å². The fourth-order valence-corrected chi connectivity index (χ4v) is 3.38. The molecule has 136 valence electrons. The molecule has 1 aliphatic rings. The fraction of sp³-hybridized carbons (Fsp3) is 0.227. The number of para-hydroxylation sites is 1. The summed E-state index contributed by atoms with van der Waals surface area (Å²) >= 11 is 0. The van der Waals surface area contributed by atoms with E-state index in [0.717, 1.165) is 53.5 Å². The minimum atomic E-state index is 0.884. The number of fused-ring (bicyclic) bond motifs is 2. The lowest BCUT2D eigenvalue weighted by Gasteiger charge is -2.26. The lowest BCUT2D eigenvalue weighted by Crippen LogP contribution is -2.24. The summed E-state index contributed by atoms with van der Waals surface area (Å²) in [5.41, 5.74) is 5.07. The standard InChI is InChI=1S/C22H23N5/c1-26(2)14-7-15-27-20-11-4-3-9-18(20)21(17-8-5-12-23-16-17)25-19-10-6-13-24-22(19)27/h3-6,8-13,16H,7,14-15H2,1-2H3. The molecule has 4 rings (SSSR count). The number of rotatable bonds is 5. The van der Waals surface area contributed by atoms with Crippen molar-refractivity contribution in [3.8, 4) is 0 Å². The van der Waals surface area contributed by atoms with E-state index in [1.165, 1.54) is 0 Å². The Kier molecular flexibility index (Phi) is 4.94. The SMILES string of the molecule is CN(C)CCCN1c2ccccc2C(c2cccnc2)=Nc2cccnc21. The van der Waals surface area contributed by atoms with E-state index in [0.29, 0.717) is 0 Å². The average Bonchev–Trinajstić information content (AvgIpc) is 2.84. The van der Waals surface area contributed by atoms with Gasteiger partial charge in [-0.25, -0.2) is 9.98 Å². The smallest absolute Gasteiger partial charge is 0.159 e. The number of nitrogens with zero attached hydrogens (tertiary/aromatic N) is 5. The molecule has 0 N–H and O–H groups in total. The predicted octanol–water partition coefficient (Wildman–Crippen LogP) is 4.05. The van der Waals surface area contributed by atoms with Crippen LogP contribution in [0.5, 0.6) is 0 Å². The maximum atomic E-state index is 5.01. The van der Waals surface area contributed by atoms with Crippen LogP contribution in [0.4, 0.5) is 17.2 Å². The highest BCUT2D eigenvalue weighted by Gasteiger charge is 2.24. The van der Waals surface area contributed by atoms with Crippen molar-refractivity contribution < 1.29 is 0 Å². The first-order chi connectivity index (χ1) is 13.2. The lowest BCUT2D eigenvalue weighted by molar-refractivity contribution is 0.402. The van der Waals surface area contributed by atoms with Gasteiger partial charge in [0.25, 0.3) is 0 Å². The molecule has 27 heavy (non-hydrogen) atoms. The molecule has 3 aromatic rings. The number of pyridine rings is 2. The van der Waals surface area contributed by atoms with Gasteiger partial charge >= 0.3 is 0 Å². The second kappa shape index (κ2) is 7.68. The first-order valence-corrected chi connectivity index (χ1v) is 9.20.